The molecular formula is C34H25N3O6. The Labute approximate surface area is 246 Å². The molecule has 0 bridgehead atoms. The molecule has 0 aromatic heterocycles. The Kier molecular flexibility index (Phi) is 7.36. The zero-order chi connectivity index (χ0) is 29.9. The smallest absolute Gasteiger partial charge is 0.269 e. The van der Waals surface area contributed by atoms with Gasteiger partial charge in [-0.25, -0.2) is 0 Å². The number of hydrogen-bond acceptors (Lipinski definition) is 6. The average molecular weight is 572 g/mol. The average Bonchev–Trinajstić information content (AvgIpc) is 3.04. The summed E-state index contributed by atoms with van der Waals surface area (Å²) in [5, 5.41) is 12.6. The topological polar surface area (TPSA) is 110 Å². The van der Waals surface area contributed by atoms with E-state index in [1.54, 1.807) is 48.5 Å². The van der Waals surface area contributed by atoms with E-state index >= 15 is 0 Å². The van der Waals surface area contributed by atoms with Crippen molar-refractivity contribution in [2.24, 2.45) is 0 Å². The molecule has 0 fully saturated rings. The van der Waals surface area contributed by atoms with Crippen LogP contribution < -0.4 is 9.64 Å². The summed E-state index contributed by atoms with van der Waals surface area (Å²) >= 11 is 0. The molecule has 0 N–H and O–H groups in total. The molecular weight excluding hydrogens is 546 g/mol. The largest absolute Gasteiger partial charge is 0.457 e. The summed E-state index contributed by atoms with van der Waals surface area (Å²) < 4.78 is 5.88. The Bertz CT molecular complexity index is 1800. The highest BCUT2D eigenvalue weighted by atomic mass is 16.6. The fraction of sp³-hybridized carbons (Fsp3) is 0.0882. The van der Waals surface area contributed by atoms with Crippen molar-refractivity contribution in [2.45, 2.75) is 6.42 Å². The number of ether oxygens (including phenoxy) is 1. The van der Waals surface area contributed by atoms with Crippen LogP contribution in [0.3, 0.4) is 0 Å². The van der Waals surface area contributed by atoms with E-state index in [9.17, 15) is 24.5 Å². The molecule has 0 atom stereocenters. The predicted octanol–water partition coefficient (Wildman–Crippen LogP) is 6.87. The van der Waals surface area contributed by atoms with E-state index in [0.717, 1.165) is 5.39 Å². The summed E-state index contributed by atoms with van der Waals surface area (Å²) in [6.07, 6.45) is 0.302. The summed E-state index contributed by atoms with van der Waals surface area (Å²) in [5.41, 5.74) is 1.65. The van der Waals surface area contributed by atoms with E-state index in [-0.39, 0.29) is 42.1 Å². The van der Waals surface area contributed by atoms with Gasteiger partial charge in [-0.3, -0.25) is 29.4 Å². The molecule has 9 nitrogen and oxygen atoms in total. The Morgan fingerprint density at radius 3 is 1.95 bits per heavy atom. The number of amides is 3. The summed E-state index contributed by atoms with van der Waals surface area (Å²) in [6, 6.07) is 32.4. The predicted molar refractivity (Wildman–Crippen MR) is 162 cm³/mol. The monoisotopic (exact) mass is 571 g/mol. The maximum absolute atomic E-state index is 13.7. The molecule has 1 aliphatic heterocycles. The number of imide groups is 1. The summed E-state index contributed by atoms with van der Waals surface area (Å²) in [4.78, 5) is 53.7. The van der Waals surface area contributed by atoms with Gasteiger partial charge in [0.1, 0.15) is 11.5 Å². The van der Waals surface area contributed by atoms with Crippen molar-refractivity contribution in [1.82, 2.24) is 4.90 Å². The molecule has 0 spiro atoms. The maximum Gasteiger partial charge on any atom is 0.269 e. The fourth-order valence-electron chi connectivity index (χ4n) is 5.22. The van der Waals surface area contributed by atoms with Crippen molar-refractivity contribution in [1.29, 1.82) is 0 Å². The van der Waals surface area contributed by atoms with Crippen molar-refractivity contribution in [2.75, 3.05) is 18.0 Å². The maximum atomic E-state index is 13.7. The van der Waals surface area contributed by atoms with Gasteiger partial charge >= 0.3 is 0 Å². The lowest BCUT2D eigenvalue weighted by Gasteiger charge is -2.29. The molecule has 212 valence electrons. The fourth-order valence-corrected chi connectivity index (χ4v) is 5.22. The van der Waals surface area contributed by atoms with Gasteiger partial charge in [-0.2, -0.15) is 0 Å². The van der Waals surface area contributed by atoms with Gasteiger partial charge < -0.3 is 9.64 Å². The number of para-hydroxylation sites is 1. The highest BCUT2D eigenvalue weighted by molar-refractivity contribution is 6.25. The Morgan fingerprint density at radius 1 is 0.744 bits per heavy atom. The first-order valence-electron chi connectivity index (χ1n) is 13.7. The third kappa shape index (κ3) is 5.43. The van der Waals surface area contributed by atoms with Gasteiger partial charge in [0.15, 0.2) is 0 Å². The van der Waals surface area contributed by atoms with Crippen LogP contribution in [-0.2, 0) is 0 Å². The lowest BCUT2D eigenvalue weighted by Crippen LogP contribution is -2.42. The number of rotatable bonds is 9. The van der Waals surface area contributed by atoms with Crippen LogP contribution in [0.4, 0.5) is 11.4 Å². The molecule has 0 aliphatic carbocycles. The highest BCUT2D eigenvalue weighted by Crippen LogP contribution is 2.31. The van der Waals surface area contributed by atoms with Crippen molar-refractivity contribution in [3.63, 3.8) is 0 Å². The molecule has 0 radical (unpaired) electrons. The van der Waals surface area contributed by atoms with Crippen LogP contribution in [0.15, 0.2) is 115 Å². The zero-order valence-electron chi connectivity index (χ0n) is 22.9. The van der Waals surface area contributed by atoms with E-state index in [4.69, 9.17) is 4.74 Å². The van der Waals surface area contributed by atoms with E-state index < -0.39 is 4.92 Å². The molecule has 1 heterocycles. The first-order valence-corrected chi connectivity index (χ1v) is 13.7. The number of benzene rings is 5. The van der Waals surface area contributed by atoms with Crippen LogP contribution in [-0.4, -0.2) is 40.6 Å². The van der Waals surface area contributed by atoms with E-state index in [2.05, 4.69) is 0 Å². The van der Waals surface area contributed by atoms with Crippen molar-refractivity contribution >= 4 is 39.9 Å². The van der Waals surface area contributed by atoms with E-state index in [1.165, 1.54) is 34.1 Å². The molecule has 0 saturated carbocycles. The Morgan fingerprint density at radius 2 is 1.35 bits per heavy atom. The number of hydrogen-bond donors (Lipinski definition) is 0. The standard InChI is InChI=1S/C34H25N3O6/c38-32(24-13-15-26(16-14-24)37(41)42)35(25-17-19-28(20-18-25)43-27-9-2-1-3-10-27)21-6-22-36-33(39)29-11-4-7-23-8-5-12-30(31(23)29)34(36)40/h1-5,7-20H,6,21-22H2. The van der Waals surface area contributed by atoms with Crippen LogP contribution in [0.5, 0.6) is 11.5 Å². The third-order valence-corrected chi connectivity index (χ3v) is 7.32. The third-order valence-electron chi connectivity index (χ3n) is 7.32. The summed E-state index contributed by atoms with van der Waals surface area (Å²) in [5.74, 6) is 0.130. The van der Waals surface area contributed by atoms with E-state index in [0.29, 0.717) is 40.1 Å². The zero-order valence-corrected chi connectivity index (χ0v) is 22.9. The molecule has 5 aromatic carbocycles. The first-order chi connectivity index (χ1) is 20.9. The van der Waals surface area contributed by atoms with Crippen LogP contribution in [0, 0.1) is 10.1 Å². The summed E-state index contributed by atoms with van der Waals surface area (Å²) in [7, 11) is 0. The lowest BCUT2D eigenvalue weighted by molar-refractivity contribution is -0.384. The highest BCUT2D eigenvalue weighted by Gasteiger charge is 2.32. The number of nitrogens with zero attached hydrogens (tertiary/aromatic N) is 3. The second-order valence-corrected chi connectivity index (χ2v) is 9.99. The number of nitro groups is 1. The minimum Gasteiger partial charge on any atom is -0.457 e. The summed E-state index contributed by atoms with van der Waals surface area (Å²) in [6.45, 7) is 0.277. The van der Waals surface area contributed by atoms with Crippen LogP contribution >= 0.6 is 0 Å². The van der Waals surface area contributed by atoms with Gasteiger partial charge in [0.05, 0.1) is 4.92 Å². The van der Waals surface area contributed by atoms with Gasteiger partial charge in [-0.1, -0.05) is 42.5 Å². The van der Waals surface area contributed by atoms with Gasteiger partial charge in [0, 0.05) is 53.0 Å². The van der Waals surface area contributed by atoms with Gasteiger partial charge in [0.25, 0.3) is 23.4 Å². The molecule has 3 amide bonds. The number of anilines is 1. The van der Waals surface area contributed by atoms with Gasteiger partial charge in [0.2, 0.25) is 0 Å². The van der Waals surface area contributed by atoms with E-state index in [1.807, 2.05) is 42.5 Å². The van der Waals surface area contributed by atoms with Crippen molar-refractivity contribution in [3.05, 3.63) is 142 Å². The number of carbonyl (C=O) groups is 3. The number of nitro benzene ring substituents is 1. The second kappa shape index (κ2) is 11.6. The number of non-ortho nitro benzene ring substituents is 1. The van der Waals surface area contributed by atoms with Crippen LogP contribution in [0.25, 0.3) is 10.8 Å². The molecule has 9 heteroatoms. The minimum atomic E-state index is -0.525. The van der Waals surface area contributed by atoms with Crippen LogP contribution in [0.1, 0.15) is 37.5 Å². The molecule has 0 saturated heterocycles. The minimum absolute atomic E-state index is 0.0988. The van der Waals surface area contributed by atoms with Crippen molar-refractivity contribution < 1.29 is 24.0 Å². The SMILES string of the molecule is O=C1c2cccc3cccc(c23)C(=O)N1CCCN(C(=O)c1ccc([N+](=O)[O-])cc1)c1ccc(Oc2ccccc2)cc1. The quantitative estimate of drug-likeness (QED) is 0.108. The lowest BCUT2D eigenvalue weighted by atomic mass is 9.94. The second-order valence-electron chi connectivity index (χ2n) is 9.99. The molecule has 1 aliphatic rings. The number of carbonyl (C=O) groups excluding carboxylic acids is 3. The van der Waals surface area contributed by atoms with Crippen LogP contribution in [0.2, 0.25) is 0 Å². The first kappa shape index (κ1) is 27.3. The van der Waals surface area contributed by atoms with Gasteiger partial charge in [-0.05, 0) is 72.5 Å². The Balaban J connectivity index is 1.23. The molecule has 5 aromatic rings. The van der Waals surface area contributed by atoms with Crippen molar-refractivity contribution in [3.8, 4) is 11.5 Å². The normalized spacial score (nSPS) is 12.3. The van der Waals surface area contributed by atoms with Gasteiger partial charge in [-0.15, -0.1) is 0 Å². The molecule has 43 heavy (non-hydrogen) atoms. The molecule has 0 unspecified atom stereocenters. The molecule has 6 rings (SSSR count). The Hall–Kier alpha value is -5.83.